The average Bonchev–Trinajstić information content (AvgIpc) is 3.04. The van der Waals surface area contributed by atoms with Crippen LogP contribution in [0.15, 0.2) is 16.6 Å². The molecule has 0 spiro atoms. The first kappa shape index (κ1) is 15.2. The molecule has 1 aliphatic carbocycles. The lowest BCUT2D eigenvalue weighted by atomic mass is 10.0. The highest BCUT2D eigenvalue weighted by Gasteiger charge is 2.37. The molecule has 6 nitrogen and oxygen atoms in total. The summed E-state index contributed by atoms with van der Waals surface area (Å²) < 4.78 is 28.1. The Morgan fingerprint density at radius 1 is 1.52 bits per heavy atom. The third kappa shape index (κ3) is 2.59. The van der Waals surface area contributed by atoms with Gasteiger partial charge in [-0.25, -0.2) is 13.4 Å². The lowest BCUT2D eigenvalue weighted by Gasteiger charge is -2.27. The van der Waals surface area contributed by atoms with Gasteiger partial charge in [-0.1, -0.05) is 24.4 Å². The van der Waals surface area contributed by atoms with Crippen LogP contribution in [-0.2, 0) is 10.0 Å². The van der Waals surface area contributed by atoms with Crippen LogP contribution in [0.5, 0.6) is 0 Å². The van der Waals surface area contributed by atoms with Gasteiger partial charge < -0.3 is 5.11 Å². The summed E-state index contributed by atoms with van der Waals surface area (Å²) in [6, 6.07) is 0. The molecule has 0 bridgehead atoms. The van der Waals surface area contributed by atoms with E-state index >= 15 is 0 Å². The number of rotatable bonds is 4. The van der Waals surface area contributed by atoms with Gasteiger partial charge in [-0.15, -0.1) is 11.3 Å². The van der Waals surface area contributed by atoms with E-state index in [1.807, 2.05) is 0 Å². The normalized spacial score (nSPS) is 18.9. The third-order valence-corrected chi connectivity index (χ3v) is 6.85. The molecule has 0 amide bonds. The van der Waals surface area contributed by atoms with Crippen LogP contribution in [0.2, 0.25) is 5.15 Å². The molecule has 0 unspecified atom stereocenters. The van der Waals surface area contributed by atoms with Crippen molar-refractivity contribution >= 4 is 37.9 Å². The van der Waals surface area contributed by atoms with Gasteiger partial charge >= 0.3 is 0 Å². The fraction of sp³-hybridized carbons (Fsp3) is 0.583. The summed E-state index contributed by atoms with van der Waals surface area (Å²) >= 11 is 7.31. The van der Waals surface area contributed by atoms with Gasteiger partial charge in [-0.05, 0) is 12.8 Å². The fourth-order valence-corrected chi connectivity index (χ4v) is 5.45. The number of halogens is 1. The number of hydrogen-bond donors (Lipinski definition) is 1. The molecule has 1 fully saturated rings. The van der Waals surface area contributed by atoms with Crippen LogP contribution in [0.4, 0.5) is 0 Å². The molecule has 2 heterocycles. The van der Waals surface area contributed by atoms with E-state index < -0.39 is 15.6 Å². The zero-order valence-electron chi connectivity index (χ0n) is 11.5. The van der Waals surface area contributed by atoms with Gasteiger partial charge in [0.25, 0.3) is 10.0 Å². The van der Waals surface area contributed by atoms with E-state index in [-0.39, 0.29) is 16.7 Å². The number of hydrogen-bond acceptors (Lipinski definition) is 5. The van der Waals surface area contributed by atoms with Crippen LogP contribution < -0.4 is 0 Å². The van der Waals surface area contributed by atoms with Crippen molar-refractivity contribution in [2.45, 2.75) is 36.3 Å². The molecule has 0 atom stereocenters. The summed E-state index contributed by atoms with van der Waals surface area (Å²) in [5.74, 6) is 0. The molecule has 1 N–H and O–H groups in total. The molecule has 1 saturated carbocycles. The largest absolute Gasteiger partial charge is 0.389 e. The van der Waals surface area contributed by atoms with E-state index in [4.69, 9.17) is 11.6 Å². The van der Waals surface area contributed by atoms with E-state index in [1.54, 1.807) is 11.6 Å². The molecule has 21 heavy (non-hydrogen) atoms. The number of fused-ring (bicyclic) bond motifs is 1. The summed E-state index contributed by atoms with van der Waals surface area (Å²) in [6.07, 6.45) is 4.73. The van der Waals surface area contributed by atoms with Crippen molar-refractivity contribution in [3.05, 3.63) is 16.7 Å². The molecule has 0 aliphatic heterocycles. The molecule has 0 radical (unpaired) electrons. The lowest BCUT2D eigenvalue weighted by Crippen LogP contribution is -2.42. The zero-order valence-corrected chi connectivity index (χ0v) is 13.9. The molecule has 116 valence electrons. The smallest absolute Gasteiger partial charge is 0.262 e. The van der Waals surface area contributed by atoms with Crippen LogP contribution in [0, 0.1) is 0 Å². The van der Waals surface area contributed by atoms with Gasteiger partial charge in [0.1, 0.15) is 0 Å². The number of imidazole rings is 1. The van der Waals surface area contributed by atoms with Gasteiger partial charge in [0.05, 0.1) is 5.60 Å². The number of aliphatic hydroxyl groups is 1. The van der Waals surface area contributed by atoms with E-state index in [0.29, 0.717) is 17.8 Å². The van der Waals surface area contributed by atoms with E-state index in [9.17, 15) is 13.5 Å². The second-order valence-corrected chi connectivity index (χ2v) is 8.65. The Bertz CT molecular complexity index is 762. The first-order valence-corrected chi connectivity index (χ1v) is 9.33. The van der Waals surface area contributed by atoms with Crippen LogP contribution in [0.25, 0.3) is 4.96 Å². The first-order valence-electron chi connectivity index (χ1n) is 6.63. The van der Waals surface area contributed by atoms with Crippen molar-refractivity contribution in [1.82, 2.24) is 13.7 Å². The topological polar surface area (TPSA) is 74.9 Å². The number of thiazole rings is 1. The maximum atomic E-state index is 12.7. The maximum Gasteiger partial charge on any atom is 0.262 e. The SMILES string of the molecule is CN(CC1(O)CCCC1)S(=O)(=O)c1c(Cl)nc2sccn12. The van der Waals surface area contributed by atoms with Crippen LogP contribution >= 0.6 is 22.9 Å². The van der Waals surface area contributed by atoms with Crippen LogP contribution in [0.1, 0.15) is 25.7 Å². The first-order chi connectivity index (χ1) is 9.83. The predicted molar refractivity (Wildman–Crippen MR) is 81.3 cm³/mol. The molecule has 0 aromatic carbocycles. The lowest BCUT2D eigenvalue weighted by molar-refractivity contribution is 0.0333. The van der Waals surface area contributed by atoms with E-state index in [1.165, 1.54) is 27.1 Å². The minimum Gasteiger partial charge on any atom is -0.389 e. The standard InChI is InChI=1S/C12H16ClN3O3S2/c1-15(8-12(17)4-2-3-5-12)21(18,19)10-9(13)14-11-16(10)6-7-20-11/h6-7,17H,2-5,8H2,1H3. The second kappa shape index (κ2) is 5.20. The van der Waals surface area contributed by atoms with Crippen molar-refractivity contribution in [2.24, 2.45) is 0 Å². The number of sulfonamides is 1. The van der Waals surface area contributed by atoms with Gasteiger partial charge in [-0.3, -0.25) is 4.40 Å². The fourth-order valence-electron chi connectivity index (χ4n) is 2.81. The maximum absolute atomic E-state index is 12.7. The van der Waals surface area contributed by atoms with Gasteiger partial charge in [0.2, 0.25) is 0 Å². The Morgan fingerprint density at radius 2 is 2.19 bits per heavy atom. The molecule has 2 aromatic rings. The number of nitrogens with zero attached hydrogens (tertiary/aromatic N) is 3. The van der Waals surface area contributed by atoms with Crippen molar-refractivity contribution in [3.63, 3.8) is 0 Å². The molecule has 9 heteroatoms. The molecular formula is C12H16ClN3O3S2. The molecular weight excluding hydrogens is 334 g/mol. The summed E-state index contributed by atoms with van der Waals surface area (Å²) in [7, 11) is -2.33. The highest BCUT2D eigenvalue weighted by Crippen LogP contribution is 2.33. The predicted octanol–water partition coefficient (Wildman–Crippen LogP) is 1.97. The highest BCUT2D eigenvalue weighted by molar-refractivity contribution is 7.89. The van der Waals surface area contributed by atoms with Crippen molar-refractivity contribution in [2.75, 3.05) is 13.6 Å². The minimum absolute atomic E-state index is 0.0351. The average molecular weight is 350 g/mol. The molecule has 2 aromatic heterocycles. The van der Waals surface area contributed by atoms with Crippen LogP contribution in [-0.4, -0.2) is 46.4 Å². The number of aromatic nitrogens is 2. The summed E-state index contributed by atoms with van der Waals surface area (Å²) in [5.41, 5.74) is -0.938. The minimum atomic E-state index is -3.80. The Morgan fingerprint density at radius 3 is 2.86 bits per heavy atom. The summed E-state index contributed by atoms with van der Waals surface area (Å²) in [4.78, 5) is 4.58. The Kier molecular flexibility index (Phi) is 3.77. The van der Waals surface area contributed by atoms with Crippen molar-refractivity contribution in [3.8, 4) is 0 Å². The van der Waals surface area contributed by atoms with Crippen LogP contribution in [0.3, 0.4) is 0 Å². The van der Waals surface area contributed by atoms with Crippen molar-refractivity contribution < 1.29 is 13.5 Å². The molecule has 1 aliphatic rings. The molecule has 3 rings (SSSR count). The highest BCUT2D eigenvalue weighted by atomic mass is 35.5. The molecule has 0 saturated heterocycles. The zero-order chi connectivity index (χ0) is 15.3. The van der Waals surface area contributed by atoms with E-state index in [0.717, 1.165) is 12.8 Å². The summed E-state index contributed by atoms with van der Waals surface area (Å²) in [5, 5.41) is 12.1. The monoisotopic (exact) mass is 349 g/mol. The Balaban J connectivity index is 1.96. The van der Waals surface area contributed by atoms with E-state index in [2.05, 4.69) is 4.98 Å². The van der Waals surface area contributed by atoms with Gasteiger partial charge in [0, 0.05) is 25.2 Å². The summed E-state index contributed by atoms with van der Waals surface area (Å²) in [6.45, 7) is 0.0725. The van der Waals surface area contributed by atoms with Crippen molar-refractivity contribution in [1.29, 1.82) is 0 Å². The Hall–Kier alpha value is -0.670. The second-order valence-electron chi connectivity index (χ2n) is 5.46. The number of likely N-dealkylation sites (N-methyl/N-ethyl adjacent to an activating group) is 1. The van der Waals surface area contributed by atoms with Gasteiger partial charge in [0.15, 0.2) is 15.1 Å². The third-order valence-electron chi connectivity index (χ3n) is 3.88. The Labute approximate surface area is 132 Å². The van der Waals surface area contributed by atoms with Gasteiger partial charge in [-0.2, -0.15) is 4.31 Å². The quantitative estimate of drug-likeness (QED) is 0.915.